The molecule has 0 radical (unpaired) electrons. The van der Waals surface area contributed by atoms with Crippen molar-refractivity contribution in [2.45, 2.75) is 52.7 Å². The van der Waals surface area contributed by atoms with Gasteiger partial charge in [0.1, 0.15) is 24.1 Å². The molecule has 1 N–H and O–H groups in total. The fourth-order valence-corrected chi connectivity index (χ4v) is 3.24. The molecule has 1 atom stereocenters. The smallest absolute Gasteiger partial charge is 0.274 e. The third kappa shape index (κ3) is 4.06. The number of aliphatic hydroxyl groups is 1. The lowest BCUT2D eigenvalue weighted by Gasteiger charge is -2.24. The quantitative estimate of drug-likeness (QED) is 0.751. The van der Waals surface area contributed by atoms with Crippen LogP contribution in [0.25, 0.3) is 5.65 Å². The van der Waals surface area contributed by atoms with E-state index < -0.39 is 6.10 Å². The van der Waals surface area contributed by atoms with Crippen molar-refractivity contribution in [3.63, 3.8) is 0 Å². The monoisotopic (exact) mass is 369 g/mol. The highest BCUT2D eigenvalue weighted by atomic mass is 16.5. The lowest BCUT2D eigenvalue weighted by Crippen LogP contribution is -2.28. The first-order valence-electron chi connectivity index (χ1n) is 9.14. The maximum absolute atomic E-state index is 12.1. The minimum atomic E-state index is -0.724. The second-order valence-corrected chi connectivity index (χ2v) is 8.00. The molecule has 2 heterocycles. The van der Waals surface area contributed by atoms with E-state index in [1.54, 1.807) is 0 Å². The molecule has 3 rings (SSSR count). The second-order valence-electron chi connectivity index (χ2n) is 8.00. The van der Waals surface area contributed by atoms with Crippen LogP contribution in [0.5, 0.6) is 5.75 Å². The lowest BCUT2D eigenvalue weighted by atomic mass is 9.86. The molecule has 0 fully saturated rings. The molecule has 0 aliphatic carbocycles. The van der Waals surface area contributed by atoms with Crippen LogP contribution in [0.2, 0.25) is 0 Å². The highest BCUT2D eigenvalue weighted by Gasteiger charge is 2.19. The van der Waals surface area contributed by atoms with Gasteiger partial charge in [-0.2, -0.15) is 9.61 Å². The number of ether oxygens (including phenoxy) is 1. The first-order chi connectivity index (χ1) is 12.7. The van der Waals surface area contributed by atoms with E-state index in [-0.39, 0.29) is 17.6 Å². The first-order valence-corrected chi connectivity index (χ1v) is 9.14. The average molecular weight is 369 g/mol. The van der Waals surface area contributed by atoms with E-state index in [4.69, 9.17) is 4.74 Å². The highest BCUT2D eigenvalue weighted by molar-refractivity contribution is 5.42. The molecule has 0 amide bonds. The van der Waals surface area contributed by atoms with E-state index in [1.807, 2.05) is 48.7 Å². The van der Waals surface area contributed by atoms with Crippen LogP contribution in [0.4, 0.5) is 0 Å². The summed E-state index contributed by atoms with van der Waals surface area (Å²) >= 11 is 0. The number of para-hydroxylation sites is 1. The Balaban J connectivity index is 1.79. The molecule has 6 heteroatoms. The van der Waals surface area contributed by atoms with Gasteiger partial charge in [-0.05, 0) is 30.9 Å². The molecule has 0 spiro atoms. The minimum absolute atomic E-state index is 0.0435. The predicted octanol–water partition coefficient (Wildman–Crippen LogP) is 2.85. The Hall–Kier alpha value is -2.60. The van der Waals surface area contributed by atoms with Gasteiger partial charge in [-0.15, -0.1) is 0 Å². The average Bonchev–Trinajstić information content (AvgIpc) is 2.98. The number of fused-ring (bicyclic) bond motifs is 1. The van der Waals surface area contributed by atoms with Gasteiger partial charge >= 0.3 is 0 Å². The van der Waals surface area contributed by atoms with Crippen LogP contribution in [0, 0.1) is 13.8 Å². The molecule has 6 nitrogen and oxygen atoms in total. The van der Waals surface area contributed by atoms with E-state index in [9.17, 15) is 9.90 Å². The summed E-state index contributed by atoms with van der Waals surface area (Å²) in [6.45, 7) is 10.6. The molecule has 0 bridgehead atoms. The second kappa shape index (κ2) is 7.19. The van der Waals surface area contributed by atoms with Crippen LogP contribution < -0.4 is 10.3 Å². The number of aliphatic hydroxyl groups excluding tert-OH is 1. The van der Waals surface area contributed by atoms with E-state index >= 15 is 0 Å². The number of aryl methyl sites for hydroxylation is 2. The van der Waals surface area contributed by atoms with E-state index in [0.717, 1.165) is 22.7 Å². The Kier molecular flexibility index (Phi) is 5.11. The standard InChI is InChI=1S/C21H27N3O3/c1-14-10-19-23(15(2)11-20(26)24(19)22-14)12-16(25)13-27-18-9-7-6-8-17(18)21(3,4)5/h6-11,16,25H,12-13H2,1-5H3. The van der Waals surface area contributed by atoms with Gasteiger partial charge in [-0.3, -0.25) is 4.79 Å². The third-order valence-electron chi connectivity index (χ3n) is 4.58. The summed E-state index contributed by atoms with van der Waals surface area (Å²) in [5.74, 6) is 0.783. The van der Waals surface area contributed by atoms with Crippen molar-refractivity contribution in [2.24, 2.45) is 0 Å². The molecule has 0 saturated carbocycles. The zero-order chi connectivity index (χ0) is 19.8. The summed E-state index contributed by atoms with van der Waals surface area (Å²) in [6, 6.07) is 11.3. The number of rotatable bonds is 5. The zero-order valence-electron chi connectivity index (χ0n) is 16.6. The number of hydrogen-bond acceptors (Lipinski definition) is 4. The summed E-state index contributed by atoms with van der Waals surface area (Å²) in [6.07, 6.45) is -0.724. The van der Waals surface area contributed by atoms with Crippen molar-refractivity contribution in [1.82, 2.24) is 14.2 Å². The maximum atomic E-state index is 12.1. The Morgan fingerprint density at radius 3 is 2.59 bits per heavy atom. The maximum Gasteiger partial charge on any atom is 0.274 e. The zero-order valence-corrected chi connectivity index (χ0v) is 16.6. The molecule has 1 aromatic carbocycles. The van der Waals surface area contributed by atoms with Crippen LogP contribution in [-0.4, -0.2) is 32.0 Å². The number of nitrogens with zero attached hydrogens (tertiary/aromatic N) is 3. The van der Waals surface area contributed by atoms with Crippen LogP contribution in [0.3, 0.4) is 0 Å². The van der Waals surface area contributed by atoms with Gasteiger partial charge in [0.2, 0.25) is 0 Å². The minimum Gasteiger partial charge on any atom is -0.491 e. The Morgan fingerprint density at radius 2 is 1.89 bits per heavy atom. The van der Waals surface area contributed by atoms with Crippen molar-refractivity contribution in [2.75, 3.05) is 6.61 Å². The molecule has 1 unspecified atom stereocenters. The lowest BCUT2D eigenvalue weighted by molar-refractivity contribution is 0.0916. The van der Waals surface area contributed by atoms with Crippen molar-refractivity contribution < 1.29 is 9.84 Å². The van der Waals surface area contributed by atoms with E-state index in [2.05, 4.69) is 25.9 Å². The third-order valence-corrected chi connectivity index (χ3v) is 4.58. The molecule has 144 valence electrons. The number of aromatic nitrogens is 3. The van der Waals surface area contributed by atoms with Crippen LogP contribution in [0.1, 0.15) is 37.7 Å². The van der Waals surface area contributed by atoms with Crippen LogP contribution in [0.15, 0.2) is 41.2 Å². The summed E-state index contributed by atoms with van der Waals surface area (Å²) in [5, 5.41) is 14.8. The van der Waals surface area contributed by atoms with Crippen molar-refractivity contribution in [1.29, 1.82) is 0 Å². The molecule has 0 aliphatic rings. The van der Waals surface area contributed by atoms with Gasteiger partial charge in [0.25, 0.3) is 5.56 Å². The predicted molar refractivity (Wildman–Crippen MR) is 106 cm³/mol. The molecule has 3 aromatic rings. The summed E-state index contributed by atoms with van der Waals surface area (Å²) in [7, 11) is 0. The summed E-state index contributed by atoms with van der Waals surface area (Å²) < 4.78 is 9.19. The van der Waals surface area contributed by atoms with Crippen LogP contribution >= 0.6 is 0 Å². The Labute approximate surface area is 159 Å². The van der Waals surface area contributed by atoms with E-state index in [1.165, 1.54) is 10.6 Å². The largest absolute Gasteiger partial charge is 0.491 e. The molecular weight excluding hydrogens is 342 g/mol. The van der Waals surface area contributed by atoms with Gasteiger partial charge in [-0.25, -0.2) is 0 Å². The molecular formula is C21H27N3O3. The SMILES string of the molecule is Cc1cc2n(CC(O)COc3ccccc3C(C)(C)C)c(C)cc(=O)n2n1. The van der Waals surface area contributed by atoms with Gasteiger partial charge < -0.3 is 14.4 Å². The van der Waals surface area contributed by atoms with Gasteiger partial charge in [0, 0.05) is 17.8 Å². The highest BCUT2D eigenvalue weighted by Crippen LogP contribution is 2.31. The fraction of sp³-hybridized carbons (Fsp3) is 0.429. The van der Waals surface area contributed by atoms with Crippen molar-refractivity contribution in [3.8, 4) is 5.75 Å². The number of hydrogen-bond donors (Lipinski definition) is 1. The topological polar surface area (TPSA) is 68.8 Å². The molecule has 0 aliphatic heterocycles. The van der Waals surface area contributed by atoms with Gasteiger partial charge in [0.05, 0.1) is 12.2 Å². The van der Waals surface area contributed by atoms with Gasteiger partial charge in [-0.1, -0.05) is 39.0 Å². The van der Waals surface area contributed by atoms with Crippen molar-refractivity contribution in [3.05, 3.63) is 63.7 Å². The molecule has 27 heavy (non-hydrogen) atoms. The molecule has 0 saturated heterocycles. The normalized spacial score (nSPS) is 13.1. The number of benzene rings is 1. The first kappa shape index (κ1) is 19.2. The Bertz CT molecular complexity index is 1010. The summed E-state index contributed by atoms with van der Waals surface area (Å²) in [4.78, 5) is 12.1. The van der Waals surface area contributed by atoms with Crippen LogP contribution in [-0.2, 0) is 12.0 Å². The van der Waals surface area contributed by atoms with E-state index in [0.29, 0.717) is 12.2 Å². The summed E-state index contributed by atoms with van der Waals surface area (Å²) in [5.41, 5.74) is 3.10. The molecule has 2 aromatic heterocycles. The van der Waals surface area contributed by atoms with Gasteiger partial charge in [0.15, 0.2) is 0 Å². The fourth-order valence-electron chi connectivity index (χ4n) is 3.24. The van der Waals surface area contributed by atoms with Crippen molar-refractivity contribution >= 4 is 5.65 Å². The Morgan fingerprint density at radius 1 is 1.19 bits per heavy atom.